The van der Waals surface area contributed by atoms with Gasteiger partial charge in [0, 0.05) is 18.8 Å². The maximum atomic E-state index is 13.4. The third-order valence-electron chi connectivity index (χ3n) is 5.51. The lowest BCUT2D eigenvalue weighted by atomic mass is 9.93. The van der Waals surface area contributed by atoms with Crippen LogP contribution in [0.3, 0.4) is 0 Å². The fraction of sp³-hybridized carbons (Fsp3) is 0.364. The Labute approximate surface area is 181 Å². The SMILES string of the molecule is CCS(=O)(=O)N1CC(=O)N(c2ccccc2C)[C@@](C)(C(=O)NCc2ccc(F)cc2)C1. The number of hydrogen-bond acceptors (Lipinski definition) is 4. The second-order valence-corrected chi connectivity index (χ2v) is 10.0. The minimum atomic E-state index is -3.68. The Bertz CT molecular complexity index is 1090. The average molecular weight is 448 g/mol. The minimum Gasteiger partial charge on any atom is -0.350 e. The van der Waals surface area contributed by atoms with Gasteiger partial charge in [-0.15, -0.1) is 0 Å². The summed E-state index contributed by atoms with van der Waals surface area (Å²) >= 11 is 0. The van der Waals surface area contributed by atoms with Crippen molar-refractivity contribution in [3.63, 3.8) is 0 Å². The molecule has 2 aromatic carbocycles. The first-order valence-electron chi connectivity index (χ1n) is 9.98. The molecule has 1 aliphatic heterocycles. The van der Waals surface area contributed by atoms with Crippen molar-refractivity contribution in [1.82, 2.24) is 9.62 Å². The van der Waals surface area contributed by atoms with Crippen LogP contribution in [0.15, 0.2) is 48.5 Å². The van der Waals surface area contributed by atoms with Gasteiger partial charge in [-0.3, -0.25) is 14.5 Å². The van der Waals surface area contributed by atoms with Crippen LogP contribution in [0.5, 0.6) is 0 Å². The number of sulfonamides is 1. The monoisotopic (exact) mass is 447 g/mol. The van der Waals surface area contributed by atoms with Crippen molar-refractivity contribution < 1.29 is 22.4 Å². The first kappa shape index (κ1) is 22.9. The van der Waals surface area contributed by atoms with Crippen LogP contribution in [0.4, 0.5) is 10.1 Å². The van der Waals surface area contributed by atoms with Gasteiger partial charge >= 0.3 is 0 Å². The molecule has 0 aromatic heterocycles. The van der Waals surface area contributed by atoms with Crippen LogP contribution in [0.2, 0.25) is 0 Å². The highest BCUT2D eigenvalue weighted by Gasteiger charge is 2.50. The van der Waals surface area contributed by atoms with Crippen LogP contribution in [-0.2, 0) is 26.2 Å². The van der Waals surface area contributed by atoms with Gasteiger partial charge in [-0.05, 0) is 50.1 Å². The van der Waals surface area contributed by atoms with Gasteiger partial charge in [0.05, 0.1) is 12.3 Å². The number of rotatable bonds is 6. The zero-order valence-corrected chi connectivity index (χ0v) is 18.6. The molecular formula is C22H26FN3O4S. The lowest BCUT2D eigenvalue weighted by Crippen LogP contribution is -2.70. The van der Waals surface area contributed by atoms with E-state index in [1.54, 1.807) is 31.2 Å². The fourth-order valence-electron chi connectivity index (χ4n) is 3.71. The predicted molar refractivity (Wildman–Crippen MR) is 116 cm³/mol. The van der Waals surface area contributed by atoms with Crippen LogP contribution in [0.1, 0.15) is 25.0 Å². The van der Waals surface area contributed by atoms with Crippen LogP contribution < -0.4 is 10.2 Å². The molecule has 1 atom stereocenters. The van der Waals surface area contributed by atoms with Crippen LogP contribution in [0, 0.1) is 12.7 Å². The first-order valence-corrected chi connectivity index (χ1v) is 11.6. The molecule has 2 amide bonds. The molecule has 0 spiro atoms. The van der Waals surface area contributed by atoms with Gasteiger partial charge < -0.3 is 5.32 Å². The second-order valence-electron chi connectivity index (χ2n) is 7.77. The number of nitrogens with zero attached hydrogens (tertiary/aromatic N) is 2. The Hall–Kier alpha value is -2.78. The summed E-state index contributed by atoms with van der Waals surface area (Å²) in [6.45, 7) is 4.51. The molecule has 0 unspecified atom stereocenters. The Morgan fingerprint density at radius 1 is 1.16 bits per heavy atom. The average Bonchev–Trinajstić information content (AvgIpc) is 2.73. The molecule has 0 saturated carbocycles. The van der Waals surface area contributed by atoms with E-state index in [2.05, 4.69) is 5.32 Å². The summed E-state index contributed by atoms with van der Waals surface area (Å²) in [6, 6.07) is 12.9. The Morgan fingerprint density at radius 2 is 1.81 bits per heavy atom. The molecule has 9 heteroatoms. The third-order valence-corrected chi connectivity index (χ3v) is 7.28. The molecule has 1 heterocycles. The Morgan fingerprint density at radius 3 is 2.42 bits per heavy atom. The molecule has 1 N–H and O–H groups in total. The van der Waals surface area contributed by atoms with E-state index in [1.165, 1.54) is 24.0 Å². The number of carbonyl (C=O) groups is 2. The van der Waals surface area contributed by atoms with Gasteiger partial charge in [0.15, 0.2) is 0 Å². The molecule has 0 bridgehead atoms. The summed E-state index contributed by atoms with van der Waals surface area (Å²) in [4.78, 5) is 27.9. The van der Waals surface area contributed by atoms with Gasteiger partial charge in [0.2, 0.25) is 21.8 Å². The largest absolute Gasteiger partial charge is 0.350 e. The van der Waals surface area contributed by atoms with Crippen molar-refractivity contribution >= 4 is 27.5 Å². The quantitative estimate of drug-likeness (QED) is 0.736. The van der Waals surface area contributed by atoms with Crippen molar-refractivity contribution in [3.8, 4) is 0 Å². The van der Waals surface area contributed by atoms with Crippen molar-refractivity contribution in [1.29, 1.82) is 0 Å². The highest BCUT2D eigenvalue weighted by molar-refractivity contribution is 7.89. The highest BCUT2D eigenvalue weighted by Crippen LogP contribution is 2.32. The molecule has 166 valence electrons. The molecule has 1 aliphatic rings. The maximum Gasteiger partial charge on any atom is 0.247 e. The number of benzene rings is 2. The number of anilines is 1. The Balaban J connectivity index is 1.97. The summed E-state index contributed by atoms with van der Waals surface area (Å²) in [7, 11) is -3.68. The zero-order chi connectivity index (χ0) is 22.8. The normalized spacial score (nSPS) is 20.0. The number of amides is 2. The molecule has 31 heavy (non-hydrogen) atoms. The summed E-state index contributed by atoms with van der Waals surface area (Å²) in [5.74, 6) is -1.52. The van der Waals surface area contributed by atoms with Crippen LogP contribution >= 0.6 is 0 Å². The van der Waals surface area contributed by atoms with Crippen molar-refractivity contribution in [2.75, 3.05) is 23.7 Å². The third kappa shape index (κ3) is 4.62. The molecule has 7 nitrogen and oxygen atoms in total. The van der Waals surface area contributed by atoms with Crippen LogP contribution in [0.25, 0.3) is 0 Å². The number of para-hydroxylation sites is 1. The van der Waals surface area contributed by atoms with Crippen molar-refractivity contribution in [2.45, 2.75) is 32.9 Å². The van der Waals surface area contributed by atoms with E-state index >= 15 is 0 Å². The summed E-state index contributed by atoms with van der Waals surface area (Å²) in [5, 5.41) is 2.78. The molecule has 1 saturated heterocycles. The summed E-state index contributed by atoms with van der Waals surface area (Å²) < 4.78 is 39.3. The number of piperazine rings is 1. The highest BCUT2D eigenvalue weighted by atomic mass is 32.2. The van der Waals surface area contributed by atoms with E-state index in [4.69, 9.17) is 0 Å². The van der Waals surface area contributed by atoms with Gasteiger partial charge in [-0.25, -0.2) is 12.8 Å². The maximum absolute atomic E-state index is 13.4. The van der Waals surface area contributed by atoms with Crippen LogP contribution in [-0.4, -0.2) is 48.9 Å². The number of aryl methyl sites for hydroxylation is 1. The standard InChI is InChI=1S/C22H26FN3O4S/c1-4-31(29,30)25-14-20(27)26(19-8-6-5-7-16(19)2)22(3,15-25)21(28)24-13-17-9-11-18(23)12-10-17/h5-12H,4,13-15H2,1-3H3,(H,24,28)/t22-/m1/s1. The smallest absolute Gasteiger partial charge is 0.247 e. The van der Waals surface area contributed by atoms with E-state index in [-0.39, 0.29) is 31.2 Å². The predicted octanol–water partition coefficient (Wildman–Crippen LogP) is 2.21. The van der Waals surface area contributed by atoms with E-state index < -0.39 is 27.4 Å². The fourth-order valence-corrected chi connectivity index (χ4v) is 4.83. The first-order chi connectivity index (χ1) is 14.6. The Kier molecular flexibility index (Phi) is 6.47. The van der Waals surface area contributed by atoms with Crippen molar-refractivity contribution in [2.24, 2.45) is 0 Å². The van der Waals surface area contributed by atoms with E-state index in [0.29, 0.717) is 11.3 Å². The van der Waals surface area contributed by atoms with E-state index in [1.807, 2.05) is 19.1 Å². The minimum absolute atomic E-state index is 0.116. The van der Waals surface area contributed by atoms with Gasteiger partial charge in [-0.2, -0.15) is 4.31 Å². The topological polar surface area (TPSA) is 86.8 Å². The van der Waals surface area contributed by atoms with E-state index in [0.717, 1.165) is 9.87 Å². The zero-order valence-electron chi connectivity index (χ0n) is 17.8. The molecule has 1 fully saturated rings. The molecule has 0 radical (unpaired) electrons. The van der Waals surface area contributed by atoms with Crippen molar-refractivity contribution in [3.05, 3.63) is 65.5 Å². The summed E-state index contributed by atoms with van der Waals surface area (Å²) in [6.07, 6.45) is 0. The molecular weight excluding hydrogens is 421 g/mol. The van der Waals surface area contributed by atoms with E-state index in [9.17, 15) is 22.4 Å². The lowest BCUT2D eigenvalue weighted by molar-refractivity contribution is -0.133. The molecule has 0 aliphatic carbocycles. The second kappa shape index (κ2) is 8.76. The number of halogens is 1. The number of carbonyl (C=O) groups excluding carboxylic acids is 2. The van der Waals surface area contributed by atoms with Gasteiger partial charge in [0.25, 0.3) is 0 Å². The number of hydrogen-bond donors (Lipinski definition) is 1. The number of nitrogens with one attached hydrogen (secondary N) is 1. The molecule has 3 rings (SSSR count). The molecule has 2 aromatic rings. The van der Waals surface area contributed by atoms with Gasteiger partial charge in [-0.1, -0.05) is 30.3 Å². The summed E-state index contributed by atoms with van der Waals surface area (Å²) in [5.41, 5.74) is 0.561. The van der Waals surface area contributed by atoms with Gasteiger partial charge in [0.1, 0.15) is 11.4 Å². The lowest BCUT2D eigenvalue weighted by Gasteiger charge is -2.47.